The molecule has 0 aliphatic carbocycles. The monoisotopic (exact) mass is 431 g/mol. The van der Waals surface area contributed by atoms with Crippen molar-refractivity contribution in [3.05, 3.63) is 71.5 Å². The molecule has 0 aliphatic rings. The standard InChI is InChI=1S/C20H18ClN3O2S2/c1-26-17-9-5-4-8-16(17)24-18(25)12-28-20-10-19(22-13-23-20)27-11-14-6-2-3-7-15(14)21/h2-10,13H,11-12H2,1H3,(H,24,25). The van der Waals surface area contributed by atoms with Crippen molar-refractivity contribution in [2.24, 2.45) is 0 Å². The number of aromatic nitrogens is 2. The van der Waals surface area contributed by atoms with E-state index in [0.717, 1.165) is 26.4 Å². The maximum absolute atomic E-state index is 12.2. The highest BCUT2D eigenvalue weighted by molar-refractivity contribution is 8.00. The van der Waals surface area contributed by atoms with Crippen LogP contribution in [0.4, 0.5) is 5.69 Å². The lowest BCUT2D eigenvalue weighted by Crippen LogP contribution is -2.14. The highest BCUT2D eigenvalue weighted by Gasteiger charge is 2.09. The topological polar surface area (TPSA) is 64.1 Å². The summed E-state index contributed by atoms with van der Waals surface area (Å²) >= 11 is 9.13. The number of nitrogens with zero attached hydrogens (tertiary/aromatic N) is 2. The van der Waals surface area contributed by atoms with Gasteiger partial charge in [-0.1, -0.05) is 53.7 Å². The predicted octanol–water partition coefficient (Wildman–Crippen LogP) is 5.16. The molecule has 0 fully saturated rings. The molecular weight excluding hydrogens is 414 g/mol. The van der Waals surface area contributed by atoms with E-state index in [0.29, 0.717) is 11.4 Å². The SMILES string of the molecule is COc1ccccc1NC(=O)CSc1cc(SCc2ccccc2Cl)ncn1. The molecule has 0 radical (unpaired) electrons. The fourth-order valence-corrected chi connectivity index (χ4v) is 4.22. The number of carbonyl (C=O) groups is 1. The molecule has 1 amide bonds. The zero-order valence-corrected chi connectivity index (χ0v) is 17.5. The van der Waals surface area contributed by atoms with Gasteiger partial charge in [0.1, 0.15) is 22.1 Å². The number of nitrogens with one attached hydrogen (secondary N) is 1. The lowest BCUT2D eigenvalue weighted by Gasteiger charge is -2.09. The van der Waals surface area contributed by atoms with E-state index in [2.05, 4.69) is 15.3 Å². The van der Waals surface area contributed by atoms with Crippen molar-refractivity contribution in [1.29, 1.82) is 0 Å². The minimum atomic E-state index is -0.126. The minimum Gasteiger partial charge on any atom is -0.495 e. The van der Waals surface area contributed by atoms with Crippen LogP contribution in [0.1, 0.15) is 5.56 Å². The number of methoxy groups -OCH3 is 1. The molecule has 0 spiro atoms. The summed E-state index contributed by atoms with van der Waals surface area (Å²) in [4.78, 5) is 20.7. The van der Waals surface area contributed by atoms with Crippen molar-refractivity contribution in [2.75, 3.05) is 18.2 Å². The van der Waals surface area contributed by atoms with Gasteiger partial charge in [0.15, 0.2) is 0 Å². The molecule has 2 aromatic carbocycles. The van der Waals surface area contributed by atoms with E-state index < -0.39 is 0 Å². The lowest BCUT2D eigenvalue weighted by atomic mass is 10.2. The third kappa shape index (κ3) is 5.89. The molecule has 0 saturated heterocycles. The molecule has 1 N–H and O–H groups in total. The first kappa shape index (κ1) is 20.5. The van der Waals surface area contributed by atoms with Crippen LogP contribution in [0.15, 0.2) is 71.0 Å². The minimum absolute atomic E-state index is 0.126. The first-order chi connectivity index (χ1) is 13.7. The van der Waals surface area contributed by atoms with Crippen LogP contribution >= 0.6 is 35.1 Å². The Hall–Kier alpha value is -2.22. The first-order valence-corrected chi connectivity index (χ1v) is 10.7. The highest BCUT2D eigenvalue weighted by atomic mass is 35.5. The van der Waals surface area contributed by atoms with Crippen LogP contribution in [0.2, 0.25) is 5.02 Å². The normalized spacial score (nSPS) is 10.5. The number of hydrogen-bond donors (Lipinski definition) is 1. The molecule has 1 heterocycles. The lowest BCUT2D eigenvalue weighted by molar-refractivity contribution is -0.113. The Kier molecular flexibility index (Phi) is 7.59. The average Bonchev–Trinajstić information content (AvgIpc) is 2.72. The van der Waals surface area contributed by atoms with E-state index in [9.17, 15) is 4.79 Å². The number of carbonyl (C=O) groups excluding carboxylic acids is 1. The van der Waals surface area contributed by atoms with Crippen LogP contribution in [0, 0.1) is 0 Å². The van der Waals surface area contributed by atoms with Gasteiger partial charge in [-0.25, -0.2) is 9.97 Å². The first-order valence-electron chi connectivity index (χ1n) is 8.39. The Labute approximate surface area is 177 Å². The molecule has 8 heteroatoms. The van der Waals surface area contributed by atoms with Crippen LogP contribution in [0.5, 0.6) is 5.75 Å². The summed E-state index contributed by atoms with van der Waals surface area (Å²) in [6, 6.07) is 16.9. The van der Waals surface area contributed by atoms with Crippen molar-refractivity contribution in [1.82, 2.24) is 9.97 Å². The summed E-state index contributed by atoms with van der Waals surface area (Å²) in [5.74, 6) is 1.46. The van der Waals surface area contributed by atoms with Crippen molar-refractivity contribution in [3.8, 4) is 5.75 Å². The van der Waals surface area contributed by atoms with E-state index in [4.69, 9.17) is 16.3 Å². The molecule has 0 saturated carbocycles. The zero-order chi connectivity index (χ0) is 19.8. The van der Waals surface area contributed by atoms with Crippen molar-refractivity contribution in [2.45, 2.75) is 15.8 Å². The number of thioether (sulfide) groups is 2. The van der Waals surface area contributed by atoms with E-state index in [1.165, 1.54) is 18.1 Å². The fraction of sp³-hybridized carbons (Fsp3) is 0.150. The number of hydrogen-bond acceptors (Lipinski definition) is 6. The molecule has 3 aromatic rings. The maximum atomic E-state index is 12.2. The van der Waals surface area contributed by atoms with Gasteiger partial charge < -0.3 is 10.1 Å². The van der Waals surface area contributed by atoms with E-state index in [1.54, 1.807) is 31.0 Å². The molecule has 0 unspecified atom stereocenters. The molecular formula is C20H18ClN3O2S2. The van der Waals surface area contributed by atoms with Gasteiger partial charge in [0.2, 0.25) is 5.91 Å². The third-order valence-electron chi connectivity index (χ3n) is 3.68. The Morgan fingerprint density at radius 1 is 1.07 bits per heavy atom. The van der Waals surface area contributed by atoms with Crippen LogP contribution < -0.4 is 10.1 Å². The van der Waals surface area contributed by atoms with Gasteiger partial charge in [0.05, 0.1) is 18.6 Å². The molecule has 3 rings (SSSR count). The molecule has 0 atom stereocenters. The Bertz CT molecular complexity index is 956. The van der Waals surface area contributed by atoms with Gasteiger partial charge in [0.25, 0.3) is 0 Å². The number of anilines is 1. The van der Waals surface area contributed by atoms with Crippen LogP contribution in [0.3, 0.4) is 0 Å². The molecule has 1 aromatic heterocycles. The van der Waals surface area contributed by atoms with Gasteiger partial charge in [-0.15, -0.1) is 11.8 Å². The summed E-state index contributed by atoms with van der Waals surface area (Å²) in [7, 11) is 1.57. The zero-order valence-electron chi connectivity index (χ0n) is 15.1. The van der Waals surface area contributed by atoms with Gasteiger partial charge in [-0.3, -0.25) is 4.79 Å². The summed E-state index contributed by atoms with van der Waals surface area (Å²) in [6.07, 6.45) is 1.51. The van der Waals surface area contributed by atoms with E-state index in [1.807, 2.05) is 42.5 Å². The summed E-state index contributed by atoms with van der Waals surface area (Å²) in [5.41, 5.74) is 1.70. The molecule has 0 bridgehead atoms. The maximum Gasteiger partial charge on any atom is 0.234 e. The quantitative estimate of drug-likeness (QED) is 0.392. The van der Waals surface area contributed by atoms with Gasteiger partial charge in [-0.2, -0.15) is 0 Å². The second-order valence-electron chi connectivity index (χ2n) is 5.61. The fourth-order valence-electron chi connectivity index (χ4n) is 2.32. The number of amides is 1. The number of halogens is 1. The number of rotatable bonds is 8. The Morgan fingerprint density at radius 3 is 2.57 bits per heavy atom. The van der Waals surface area contributed by atoms with Gasteiger partial charge in [0, 0.05) is 16.8 Å². The summed E-state index contributed by atoms with van der Waals surface area (Å²) in [6.45, 7) is 0. The second kappa shape index (κ2) is 10.4. The molecule has 28 heavy (non-hydrogen) atoms. The summed E-state index contributed by atoms with van der Waals surface area (Å²) in [5, 5.41) is 5.17. The van der Waals surface area contributed by atoms with E-state index >= 15 is 0 Å². The highest BCUT2D eigenvalue weighted by Crippen LogP contribution is 2.28. The number of ether oxygens (including phenoxy) is 1. The molecule has 5 nitrogen and oxygen atoms in total. The van der Waals surface area contributed by atoms with Gasteiger partial charge >= 0.3 is 0 Å². The van der Waals surface area contributed by atoms with Gasteiger partial charge in [-0.05, 0) is 23.8 Å². The van der Waals surface area contributed by atoms with Crippen molar-refractivity contribution in [3.63, 3.8) is 0 Å². The second-order valence-corrected chi connectivity index (χ2v) is 8.01. The largest absolute Gasteiger partial charge is 0.495 e. The van der Waals surface area contributed by atoms with Crippen LogP contribution in [-0.4, -0.2) is 28.7 Å². The number of para-hydroxylation sites is 2. The summed E-state index contributed by atoms with van der Waals surface area (Å²) < 4.78 is 5.24. The van der Waals surface area contributed by atoms with Crippen LogP contribution in [-0.2, 0) is 10.5 Å². The molecule has 144 valence electrons. The van der Waals surface area contributed by atoms with Crippen LogP contribution in [0.25, 0.3) is 0 Å². The number of benzene rings is 2. The Balaban J connectivity index is 1.54. The third-order valence-corrected chi connectivity index (χ3v) is 5.95. The molecule has 0 aliphatic heterocycles. The van der Waals surface area contributed by atoms with Crippen molar-refractivity contribution >= 4 is 46.7 Å². The Morgan fingerprint density at radius 2 is 1.79 bits per heavy atom. The predicted molar refractivity (Wildman–Crippen MR) is 115 cm³/mol. The smallest absolute Gasteiger partial charge is 0.234 e. The van der Waals surface area contributed by atoms with Crippen molar-refractivity contribution < 1.29 is 9.53 Å². The van der Waals surface area contributed by atoms with E-state index in [-0.39, 0.29) is 11.7 Å². The average molecular weight is 432 g/mol.